The van der Waals surface area contributed by atoms with E-state index < -0.39 is 0 Å². The number of hydrogen-bond donors (Lipinski definition) is 3. The quantitative estimate of drug-likeness (QED) is 0.744. The third-order valence-electron chi connectivity index (χ3n) is 3.53. The van der Waals surface area contributed by atoms with Gasteiger partial charge in [0, 0.05) is 19.2 Å². The van der Waals surface area contributed by atoms with E-state index in [1.807, 2.05) is 24.1 Å². The fourth-order valence-corrected chi connectivity index (χ4v) is 2.50. The summed E-state index contributed by atoms with van der Waals surface area (Å²) in [4.78, 5) is 1.90. The smallest absolute Gasteiger partial charge is 0.150 e. The number of benzene rings is 2. The van der Waals surface area contributed by atoms with Crippen LogP contribution < -0.4 is 9.64 Å². The predicted molar refractivity (Wildman–Crippen MR) is 74.5 cm³/mol. The molecule has 0 saturated heterocycles. The van der Waals surface area contributed by atoms with E-state index in [2.05, 4.69) is 0 Å². The third-order valence-corrected chi connectivity index (χ3v) is 3.53. The van der Waals surface area contributed by atoms with Gasteiger partial charge >= 0.3 is 0 Å². The molecule has 104 valence electrons. The van der Waals surface area contributed by atoms with Crippen LogP contribution >= 0.6 is 0 Å². The van der Waals surface area contributed by atoms with Crippen LogP contribution in [0.15, 0.2) is 36.4 Å². The second-order valence-electron chi connectivity index (χ2n) is 4.84. The number of phenolic OH excluding ortho intramolecular Hbond substituents is 3. The first-order valence-electron chi connectivity index (χ1n) is 6.27. The van der Waals surface area contributed by atoms with Gasteiger partial charge in [0.1, 0.15) is 35.3 Å². The molecule has 0 amide bonds. The number of rotatable bonds is 1. The summed E-state index contributed by atoms with van der Waals surface area (Å²) in [7, 11) is 1.86. The number of aromatic hydroxyl groups is 3. The lowest BCUT2D eigenvalue weighted by molar-refractivity contribution is 0.264. The number of hydrogen-bond acceptors (Lipinski definition) is 5. The zero-order chi connectivity index (χ0) is 14.3. The van der Waals surface area contributed by atoms with Crippen LogP contribution in [0.2, 0.25) is 0 Å². The van der Waals surface area contributed by atoms with Gasteiger partial charge in [-0.3, -0.25) is 0 Å². The Hall–Kier alpha value is -2.56. The molecular formula is C15H15NO4. The number of nitrogens with zero attached hydrogens (tertiary/aromatic N) is 1. The van der Waals surface area contributed by atoms with Crippen LogP contribution in [0.1, 0.15) is 11.6 Å². The fraction of sp³-hybridized carbons (Fsp3) is 0.200. The minimum atomic E-state index is -0.0708. The van der Waals surface area contributed by atoms with Crippen molar-refractivity contribution >= 4 is 5.69 Å². The maximum absolute atomic E-state index is 9.99. The predicted octanol–water partition coefficient (Wildman–Crippen LogP) is 2.37. The van der Waals surface area contributed by atoms with Crippen molar-refractivity contribution in [3.63, 3.8) is 0 Å². The Morgan fingerprint density at radius 2 is 1.75 bits per heavy atom. The largest absolute Gasteiger partial charge is 0.508 e. The van der Waals surface area contributed by atoms with Crippen molar-refractivity contribution in [2.24, 2.45) is 0 Å². The van der Waals surface area contributed by atoms with E-state index in [-0.39, 0.29) is 23.3 Å². The van der Waals surface area contributed by atoms with E-state index in [1.165, 1.54) is 12.1 Å². The van der Waals surface area contributed by atoms with Crippen LogP contribution in [0.3, 0.4) is 0 Å². The monoisotopic (exact) mass is 273 g/mol. The second kappa shape index (κ2) is 4.52. The molecule has 1 heterocycles. The standard InChI is InChI=1S/C15H15NO4/c1-16-12(9-2-4-10(17)5-3-9)8-20-14-7-11(18)6-13(19)15(14)16/h2-7,12,17-19H,8H2,1H3. The number of likely N-dealkylation sites (N-methyl/N-ethyl adjacent to an activating group) is 1. The molecule has 0 aromatic heterocycles. The molecule has 0 bridgehead atoms. The number of ether oxygens (including phenoxy) is 1. The zero-order valence-corrected chi connectivity index (χ0v) is 10.9. The minimum absolute atomic E-state index is 0.0222. The molecule has 3 rings (SSSR count). The summed E-state index contributed by atoms with van der Waals surface area (Å²) in [5.74, 6) is 0.616. The molecule has 0 fully saturated rings. The Bertz CT molecular complexity index is 639. The summed E-state index contributed by atoms with van der Waals surface area (Å²) < 4.78 is 5.63. The first kappa shape index (κ1) is 12.5. The van der Waals surface area contributed by atoms with Gasteiger partial charge in [-0.15, -0.1) is 0 Å². The van der Waals surface area contributed by atoms with Crippen molar-refractivity contribution in [1.29, 1.82) is 0 Å². The average molecular weight is 273 g/mol. The summed E-state index contributed by atoms with van der Waals surface area (Å²) >= 11 is 0. The highest BCUT2D eigenvalue weighted by Crippen LogP contribution is 2.46. The molecule has 2 aromatic carbocycles. The van der Waals surface area contributed by atoms with E-state index in [0.717, 1.165) is 5.56 Å². The van der Waals surface area contributed by atoms with Gasteiger partial charge in [-0.2, -0.15) is 0 Å². The molecule has 1 unspecified atom stereocenters. The average Bonchev–Trinajstić information content (AvgIpc) is 2.39. The molecule has 0 saturated carbocycles. The van der Waals surface area contributed by atoms with E-state index in [1.54, 1.807) is 12.1 Å². The molecule has 0 spiro atoms. The molecule has 3 N–H and O–H groups in total. The molecule has 5 nitrogen and oxygen atoms in total. The van der Waals surface area contributed by atoms with Gasteiger partial charge in [-0.25, -0.2) is 0 Å². The van der Waals surface area contributed by atoms with Crippen LogP contribution in [-0.2, 0) is 0 Å². The first-order chi connectivity index (χ1) is 9.56. The van der Waals surface area contributed by atoms with Gasteiger partial charge in [-0.1, -0.05) is 12.1 Å². The Morgan fingerprint density at radius 3 is 2.45 bits per heavy atom. The molecule has 1 atom stereocenters. The van der Waals surface area contributed by atoms with E-state index in [4.69, 9.17) is 4.74 Å². The molecule has 2 aromatic rings. The van der Waals surface area contributed by atoms with Crippen LogP contribution in [0.25, 0.3) is 0 Å². The van der Waals surface area contributed by atoms with Crippen molar-refractivity contribution in [1.82, 2.24) is 0 Å². The Morgan fingerprint density at radius 1 is 1.05 bits per heavy atom. The normalized spacial score (nSPS) is 17.4. The highest BCUT2D eigenvalue weighted by molar-refractivity contribution is 5.71. The summed E-state index contributed by atoms with van der Waals surface area (Å²) in [6.07, 6.45) is 0. The molecule has 0 aliphatic carbocycles. The number of phenols is 3. The third kappa shape index (κ3) is 1.97. The molecule has 1 aliphatic heterocycles. The van der Waals surface area contributed by atoms with Gasteiger partial charge < -0.3 is 25.0 Å². The Kier molecular flexibility index (Phi) is 2.82. The van der Waals surface area contributed by atoms with Crippen LogP contribution in [0, 0.1) is 0 Å². The molecule has 1 aliphatic rings. The summed E-state index contributed by atoms with van der Waals surface area (Å²) in [5.41, 5.74) is 1.52. The van der Waals surface area contributed by atoms with Gasteiger partial charge in [0.2, 0.25) is 0 Å². The van der Waals surface area contributed by atoms with Crippen LogP contribution in [0.4, 0.5) is 5.69 Å². The van der Waals surface area contributed by atoms with E-state index in [9.17, 15) is 15.3 Å². The zero-order valence-electron chi connectivity index (χ0n) is 10.9. The van der Waals surface area contributed by atoms with Gasteiger partial charge in [0.25, 0.3) is 0 Å². The molecular weight excluding hydrogens is 258 g/mol. The van der Waals surface area contributed by atoms with Crippen LogP contribution in [-0.4, -0.2) is 29.0 Å². The van der Waals surface area contributed by atoms with Gasteiger partial charge in [0.05, 0.1) is 6.04 Å². The lowest BCUT2D eigenvalue weighted by Crippen LogP contribution is -2.33. The maximum Gasteiger partial charge on any atom is 0.150 e. The molecule has 5 heteroatoms. The summed E-state index contributed by atoms with van der Waals surface area (Å²) in [6.45, 7) is 0.400. The highest BCUT2D eigenvalue weighted by atomic mass is 16.5. The first-order valence-corrected chi connectivity index (χ1v) is 6.27. The van der Waals surface area contributed by atoms with Gasteiger partial charge in [-0.05, 0) is 17.7 Å². The SMILES string of the molecule is CN1c2c(O)cc(O)cc2OCC1c1ccc(O)cc1. The van der Waals surface area contributed by atoms with Crippen molar-refractivity contribution in [3.8, 4) is 23.0 Å². The fourth-order valence-electron chi connectivity index (χ4n) is 2.50. The van der Waals surface area contributed by atoms with Crippen molar-refractivity contribution in [2.75, 3.05) is 18.6 Å². The summed E-state index contributed by atoms with van der Waals surface area (Å²) in [5, 5.41) is 28.8. The number of fused-ring (bicyclic) bond motifs is 1. The van der Waals surface area contributed by atoms with Crippen molar-refractivity contribution in [2.45, 2.75) is 6.04 Å². The highest BCUT2D eigenvalue weighted by Gasteiger charge is 2.29. The minimum Gasteiger partial charge on any atom is -0.508 e. The van der Waals surface area contributed by atoms with Crippen molar-refractivity contribution < 1.29 is 20.1 Å². The van der Waals surface area contributed by atoms with Crippen molar-refractivity contribution in [3.05, 3.63) is 42.0 Å². The van der Waals surface area contributed by atoms with Crippen LogP contribution in [0.5, 0.6) is 23.0 Å². The molecule has 20 heavy (non-hydrogen) atoms. The topological polar surface area (TPSA) is 73.2 Å². The summed E-state index contributed by atoms with van der Waals surface area (Å²) in [6, 6.07) is 9.59. The Balaban J connectivity index is 2.00. The maximum atomic E-state index is 9.99. The molecule has 0 radical (unpaired) electrons. The van der Waals surface area contributed by atoms with Gasteiger partial charge in [0.15, 0.2) is 0 Å². The lowest BCUT2D eigenvalue weighted by atomic mass is 10.0. The second-order valence-corrected chi connectivity index (χ2v) is 4.84. The van der Waals surface area contributed by atoms with E-state index >= 15 is 0 Å². The van der Waals surface area contributed by atoms with E-state index in [0.29, 0.717) is 18.0 Å². The lowest BCUT2D eigenvalue weighted by Gasteiger charge is -2.36. The number of anilines is 1. The Labute approximate surface area is 116 Å².